The number of rotatable bonds is 5. The molecule has 6 heteroatoms. The minimum atomic E-state index is 0.837. The van der Waals surface area contributed by atoms with Gasteiger partial charge in [0.2, 0.25) is 0 Å². The lowest BCUT2D eigenvalue weighted by Crippen LogP contribution is -2.09. The van der Waals surface area contributed by atoms with E-state index < -0.39 is 0 Å². The normalized spacial score (nSPS) is 11.8. The van der Waals surface area contributed by atoms with Crippen molar-refractivity contribution in [1.82, 2.24) is 10.2 Å². The molecule has 0 saturated carbocycles. The van der Waals surface area contributed by atoms with Gasteiger partial charge in [-0.05, 0) is 71.4 Å². The molecule has 8 aromatic carbocycles. The molecule has 0 fully saturated rings. The van der Waals surface area contributed by atoms with E-state index in [9.17, 15) is 0 Å². The Labute approximate surface area is 301 Å². The summed E-state index contributed by atoms with van der Waals surface area (Å²) >= 11 is 1.59. The fourth-order valence-corrected chi connectivity index (χ4v) is 8.36. The van der Waals surface area contributed by atoms with Crippen molar-refractivity contribution in [2.45, 2.75) is 0 Å². The third kappa shape index (κ3) is 4.55. The zero-order valence-electron chi connectivity index (χ0n) is 27.7. The summed E-state index contributed by atoms with van der Waals surface area (Å²) in [7, 11) is 0. The molecule has 0 unspecified atom stereocenters. The lowest BCUT2D eigenvalue weighted by atomic mass is 10.0. The number of fused-ring (bicyclic) bond motifs is 10. The smallest absolute Gasteiger partial charge is 0.148 e. The maximum atomic E-state index is 6.64. The van der Waals surface area contributed by atoms with Gasteiger partial charge in [0.25, 0.3) is 0 Å². The Bertz CT molecular complexity index is 2990. The third-order valence-electron chi connectivity index (χ3n) is 10.0. The van der Waals surface area contributed by atoms with Gasteiger partial charge in [-0.25, -0.2) is 0 Å². The molecule has 0 aliphatic carbocycles. The third-order valence-corrected chi connectivity index (χ3v) is 11.0. The van der Waals surface area contributed by atoms with Crippen LogP contribution in [-0.2, 0) is 0 Å². The molecule has 0 amide bonds. The number of benzene rings is 8. The van der Waals surface area contributed by atoms with Gasteiger partial charge >= 0.3 is 0 Å². The molecule has 3 heterocycles. The second kappa shape index (κ2) is 11.4. The van der Waals surface area contributed by atoms with E-state index in [0.717, 1.165) is 104 Å². The molecule has 0 radical (unpaired) electrons. The molecule has 0 bridgehead atoms. The number of hydrogen-bond donors (Lipinski definition) is 0. The minimum Gasteiger partial charge on any atom is -0.455 e. The van der Waals surface area contributed by atoms with Crippen molar-refractivity contribution in [3.8, 4) is 21.1 Å². The van der Waals surface area contributed by atoms with E-state index in [2.05, 4.69) is 161 Å². The Morgan fingerprint density at radius 2 is 0.846 bits per heavy atom. The van der Waals surface area contributed by atoms with Crippen LogP contribution in [0.5, 0.6) is 0 Å². The fourth-order valence-electron chi connectivity index (χ4n) is 7.50. The molecule has 0 saturated heterocycles. The predicted octanol–water partition coefficient (Wildman–Crippen LogP) is 13.4. The zero-order chi connectivity index (χ0) is 34.2. The highest BCUT2D eigenvalue weighted by Crippen LogP contribution is 2.43. The van der Waals surface area contributed by atoms with Crippen LogP contribution in [-0.4, -0.2) is 10.2 Å². The summed E-state index contributed by atoms with van der Waals surface area (Å²) in [6, 6.07) is 57.1. The van der Waals surface area contributed by atoms with Crippen molar-refractivity contribution >= 4 is 93.8 Å². The lowest BCUT2D eigenvalue weighted by Gasteiger charge is -2.25. The van der Waals surface area contributed by atoms with Gasteiger partial charge in [0, 0.05) is 72.6 Å². The maximum absolute atomic E-state index is 6.64. The first-order chi connectivity index (χ1) is 25.7. The topological polar surface area (TPSA) is 55.3 Å². The van der Waals surface area contributed by atoms with Crippen LogP contribution in [0.4, 0.5) is 17.1 Å². The van der Waals surface area contributed by atoms with Crippen LogP contribution in [0.2, 0.25) is 0 Å². The van der Waals surface area contributed by atoms with Crippen LogP contribution < -0.4 is 4.90 Å². The molecule has 5 nitrogen and oxygen atoms in total. The molecule has 244 valence electrons. The zero-order valence-corrected chi connectivity index (χ0v) is 28.5. The Hall–Kier alpha value is -6.76. The average molecular weight is 686 g/mol. The SMILES string of the molecule is c1ccc(-c2nnc(-c3ccc(N(c4ccc5c(c4)oc4c6ccccc6ccc54)c4ccc5c(c4)oc4c6ccccc6ccc54)cc3)s2)cc1. The van der Waals surface area contributed by atoms with E-state index in [-0.39, 0.29) is 0 Å². The number of furan rings is 2. The van der Waals surface area contributed by atoms with Gasteiger partial charge in [0.15, 0.2) is 0 Å². The summed E-state index contributed by atoms with van der Waals surface area (Å²) in [6.45, 7) is 0. The second-order valence-corrected chi connectivity index (χ2v) is 14.0. The summed E-state index contributed by atoms with van der Waals surface area (Å²) < 4.78 is 13.3. The highest BCUT2D eigenvalue weighted by atomic mass is 32.1. The number of aromatic nitrogens is 2. The Morgan fingerprint density at radius 3 is 1.40 bits per heavy atom. The minimum absolute atomic E-state index is 0.837. The highest BCUT2D eigenvalue weighted by molar-refractivity contribution is 7.17. The van der Waals surface area contributed by atoms with Crippen LogP contribution in [0.3, 0.4) is 0 Å². The molecule has 0 N–H and O–H groups in total. The van der Waals surface area contributed by atoms with Crippen molar-refractivity contribution in [3.05, 3.63) is 164 Å². The van der Waals surface area contributed by atoms with Gasteiger partial charge in [-0.1, -0.05) is 102 Å². The summed E-state index contributed by atoms with van der Waals surface area (Å²) in [4.78, 5) is 2.26. The molecule has 0 aliphatic heterocycles. The van der Waals surface area contributed by atoms with Crippen molar-refractivity contribution < 1.29 is 8.83 Å². The predicted molar refractivity (Wildman–Crippen MR) is 215 cm³/mol. The van der Waals surface area contributed by atoms with E-state index in [1.165, 1.54) is 0 Å². The first-order valence-electron chi connectivity index (χ1n) is 17.2. The van der Waals surface area contributed by atoms with Crippen molar-refractivity contribution in [2.24, 2.45) is 0 Å². The largest absolute Gasteiger partial charge is 0.455 e. The first kappa shape index (κ1) is 29.0. The van der Waals surface area contributed by atoms with E-state index >= 15 is 0 Å². The molecule has 0 spiro atoms. The first-order valence-corrected chi connectivity index (χ1v) is 18.0. The van der Waals surface area contributed by atoms with Gasteiger partial charge in [0.05, 0.1) is 0 Å². The highest BCUT2D eigenvalue weighted by Gasteiger charge is 2.19. The number of nitrogens with zero attached hydrogens (tertiary/aromatic N) is 3. The standard InChI is InChI=1S/C46H27N3O2S/c1-2-10-30(11-3-1)45-47-48-46(52-45)31-14-18-32(19-15-31)49(33-20-24-37-39-22-16-28-8-4-6-12-35(28)43(39)50-41(37)26-33)34-21-25-38-40-23-17-29-9-5-7-13-36(29)44(40)51-42(38)27-34/h1-27H. The summed E-state index contributed by atoms with van der Waals surface area (Å²) in [6.07, 6.45) is 0. The summed E-state index contributed by atoms with van der Waals surface area (Å²) in [5.41, 5.74) is 8.53. The quantitative estimate of drug-likeness (QED) is 0.180. The average Bonchev–Trinajstić information content (AvgIpc) is 3.94. The van der Waals surface area contributed by atoms with Crippen LogP contribution in [0, 0.1) is 0 Å². The van der Waals surface area contributed by atoms with Crippen molar-refractivity contribution in [3.63, 3.8) is 0 Å². The second-order valence-electron chi connectivity index (χ2n) is 13.1. The van der Waals surface area contributed by atoms with Gasteiger partial charge < -0.3 is 13.7 Å². The van der Waals surface area contributed by atoms with Crippen molar-refractivity contribution in [2.75, 3.05) is 4.90 Å². The molecule has 11 aromatic rings. The number of hydrogen-bond acceptors (Lipinski definition) is 6. The van der Waals surface area contributed by atoms with E-state index in [4.69, 9.17) is 8.83 Å². The fraction of sp³-hybridized carbons (Fsp3) is 0. The molecule has 0 atom stereocenters. The monoisotopic (exact) mass is 685 g/mol. The lowest BCUT2D eigenvalue weighted by molar-refractivity contribution is 0.672. The Morgan fingerprint density at radius 1 is 0.385 bits per heavy atom. The molecule has 11 rings (SSSR count). The van der Waals surface area contributed by atoms with Crippen LogP contribution in [0.15, 0.2) is 173 Å². The maximum Gasteiger partial charge on any atom is 0.148 e. The van der Waals surface area contributed by atoms with Gasteiger partial charge in [-0.2, -0.15) is 0 Å². The van der Waals surface area contributed by atoms with Crippen LogP contribution >= 0.6 is 11.3 Å². The molecular weight excluding hydrogens is 659 g/mol. The van der Waals surface area contributed by atoms with E-state index in [1.54, 1.807) is 11.3 Å². The molecular formula is C46H27N3O2S. The van der Waals surface area contributed by atoms with Crippen LogP contribution in [0.25, 0.3) is 86.6 Å². The van der Waals surface area contributed by atoms with E-state index in [1.807, 2.05) is 18.2 Å². The van der Waals surface area contributed by atoms with Gasteiger partial charge in [-0.3, -0.25) is 0 Å². The summed E-state index contributed by atoms with van der Waals surface area (Å²) in [5.74, 6) is 0. The Kier molecular flexibility index (Phi) is 6.35. The number of anilines is 3. The van der Waals surface area contributed by atoms with Gasteiger partial charge in [0.1, 0.15) is 32.3 Å². The Balaban J connectivity index is 1.06. The van der Waals surface area contributed by atoms with Gasteiger partial charge in [-0.15, -0.1) is 10.2 Å². The molecule has 0 aliphatic rings. The summed E-state index contributed by atoms with van der Waals surface area (Å²) in [5, 5.41) is 19.7. The molecule has 3 aromatic heterocycles. The van der Waals surface area contributed by atoms with Crippen molar-refractivity contribution in [1.29, 1.82) is 0 Å². The molecule has 52 heavy (non-hydrogen) atoms. The van der Waals surface area contributed by atoms with E-state index in [0.29, 0.717) is 0 Å². The van der Waals surface area contributed by atoms with Crippen LogP contribution in [0.1, 0.15) is 0 Å².